The van der Waals surface area contributed by atoms with Crippen molar-refractivity contribution in [3.8, 4) is 34.1 Å². The molecule has 0 saturated carbocycles. The number of hydrogen-bond acceptors (Lipinski definition) is 3. The van der Waals surface area contributed by atoms with E-state index < -0.39 is 0 Å². The van der Waals surface area contributed by atoms with Crippen LogP contribution in [0.4, 0.5) is 0 Å². The standard InChI is InChI=1S/C41H38N4O.Pt/c1-25-17-32(44-24-30(23-43-44)40-28(4)26(2)19-27(3)29(40)5)21-34(18-25)46-33-13-14-36-35-11-9-10-12-37(35)45(38(36)22-33)39-20-31(15-16-42-39)41(6,7)8;/h9-20,23-24H,1-8H3;/q-2;+2. The average molecular weight is 798 g/mol. The maximum absolute atomic E-state index is 6.47. The fraction of sp³-hybridized carbons (Fsp3) is 0.220. The van der Waals surface area contributed by atoms with Gasteiger partial charge < -0.3 is 9.30 Å². The molecule has 0 fully saturated rings. The van der Waals surface area contributed by atoms with Crippen molar-refractivity contribution in [2.45, 2.75) is 60.8 Å². The third-order valence-corrected chi connectivity index (χ3v) is 9.08. The van der Waals surface area contributed by atoms with E-state index in [1.54, 1.807) is 0 Å². The van der Waals surface area contributed by atoms with Gasteiger partial charge in [-0.2, -0.15) is 16.7 Å². The van der Waals surface area contributed by atoms with E-state index in [9.17, 15) is 0 Å². The molecule has 3 heterocycles. The molecule has 47 heavy (non-hydrogen) atoms. The zero-order valence-corrected chi connectivity index (χ0v) is 30.4. The Labute approximate surface area is 291 Å². The first-order chi connectivity index (χ1) is 22.0. The fourth-order valence-electron chi connectivity index (χ4n) is 6.37. The van der Waals surface area contributed by atoms with Gasteiger partial charge in [-0.25, -0.2) is 4.98 Å². The number of aromatic nitrogens is 4. The van der Waals surface area contributed by atoms with Crippen LogP contribution >= 0.6 is 0 Å². The molecular weight excluding hydrogens is 760 g/mol. The van der Waals surface area contributed by atoms with Crippen LogP contribution in [-0.2, 0) is 26.5 Å². The summed E-state index contributed by atoms with van der Waals surface area (Å²) < 4.78 is 10.5. The number of pyridine rings is 1. The summed E-state index contributed by atoms with van der Waals surface area (Å²) in [6.45, 7) is 17.4. The van der Waals surface area contributed by atoms with E-state index in [0.717, 1.165) is 44.4 Å². The van der Waals surface area contributed by atoms with Gasteiger partial charge in [-0.1, -0.05) is 57.5 Å². The topological polar surface area (TPSA) is 44.9 Å². The largest absolute Gasteiger partial charge is 2.00 e. The fourth-order valence-corrected chi connectivity index (χ4v) is 6.37. The first-order valence-electron chi connectivity index (χ1n) is 15.7. The number of hydrogen-bond donors (Lipinski definition) is 0. The summed E-state index contributed by atoms with van der Waals surface area (Å²) in [6.07, 6.45) is 5.91. The smallest absolute Gasteiger partial charge is 0.509 e. The van der Waals surface area contributed by atoms with E-state index in [0.29, 0.717) is 11.5 Å². The molecule has 7 rings (SSSR count). The molecule has 4 aromatic carbocycles. The molecule has 0 aliphatic heterocycles. The number of rotatable bonds is 5. The van der Waals surface area contributed by atoms with Crippen LogP contribution in [0.2, 0.25) is 0 Å². The van der Waals surface area contributed by atoms with E-state index in [1.807, 2.05) is 29.2 Å². The van der Waals surface area contributed by atoms with Gasteiger partial charge in [0.25, 0.3) is 0 Å². The molecule has 0 atom stereocenters. The van der Waals surface area contributed by atoms with Crippen molar-refractivity contribution in [1.82, 2.24) is 19.3 Å². The second-order valence-electron chi connectivity index (χ2n) is 13.4. The van der Waals surface area contributed by atoms with Crippen LogP contribution in [0.5, 0.6) is 11.5 Å². The van der Waals surface area contributed by atoms with E-state index in [1.165, 1.54) is 33.4 Å². The Morgan fingerprint density at radius 2 is 1.51 bits per heavy atom. The van der Waals surface area contributed by atoms with E-state index in [-0.39, 0.29) is 26.5 Å². The molecule has 0 N–H and O–H groups in total. The summed E-state index contributed by atoms with van der Waals surface area (Å²) in [4.78, 5) is 4.80. The van der Waals surface area contributed by atoms with Gasteiger partial charge >= 0.3 is 21.1 Å². The zero-order valence-electron chi connectivity index (χ0n) is 28.1. The van der Waals surface area contributed by atoms with Gasteiger partial charge in [0.05, 0.1) is 6.20 Å². The third kappa shape index (κ3) is 5.94. The molecule has 0 bridgehead atoms. The van der Waals surface area contributed by atoms with Crippen molar-refractivity contribution < 1.29 is 25.8 Å². The van der Waals surface area contributed by atoms with Crippen molar-refractivity contribution in [3.63, 3.8) is 0 Å². The normalized spacial score (nSPS) is 11.7. The van der Waals surface area contributed by atoms with Crippen LogP contribution < -0.4 is 4.74 Å². The molecule has 0 amide bonds. The average Bonchev–Trinajstić information content (AvgIpc) is 3.63. The Balaban J connectivity index is 0.00000386. The minimum atomic E-state index is -0.000866. The summed E-state index contributed by atoms with van der Waals surface area (Å²) in [5.41, 5.74) is 12.6. The predicted octanol–water partition coefficient (Wildman–Crippen LogP) is 10.3. The van der Waals surface area contributed by atoms with Crippen LogP contribution in [0.3, 0.4) is 0 Å². The molecule has 5 nitrogen and oxygen atoms in total. The van der Waals surface area contributed by atoms with Gasteiger partial charge in [0.2, 0.25) is 0 Å². The SMILES string of the molecule is Cc1cc(Oc2[c-]c3c(cc2)c2ccccc2n3-c2cc(C(C)(C)C)ccn2)[c-]c(-n2cc(-c3c(C)c(C)cc(C)c3C)cn2)c1.[Pt+2]. The Hall–Kier alpha value is -4.47. The molecular formula is C41H38N4OPt. The number of aryl methyl sites for hydroxylation is 3. The van der Waals surface area contributed by atoms with Crippen molar-refractivity contribution >= 4 is 21.8 Å². The molecule has 0 radical (unpaired) electrons. The molecule has 238 valence electrons. The van der Waals surface area contributed by atoms with Gasteiger partial charge in [-0.15, -0.1) is 35.7 Å². The molecule has 0 saturated heterocycles. The maximum atomic E-state index is 6.47. The minimum Gasteiger partial charge on any atom is -0.509 e. The number of fused-ring (bicyclic) bond motifs is 3. The summed E-state index contributed by atoms with van der Waals surface area (Å²) >= 11 is 0. The number of ether oxygens (including phenoxy) is 1. The Morgan fingerprint density at radius 3 is 2.26 bits per heavy atom. The van der Waals surface area contributed by atoms with E-state index in [4.69, 9.17) is 14.8 Å². The zero-order chi connectivity index (χ0) is 32.3. The summed E-state index contributed by atoms with van der Waals surface area (Å²) in [6, 6.07) is 30.1. The molecule has 0 aliphatic carbocycles. The third-order valence-electron chi connectivity index (χ3n) is 9.08. The molecule has 3 aromatic heterocycles. The monoisotopic (exact) mass is 797 g/mol. The van der Waals surface area contributed by atoms with Gasteiger partial charge in [0, 0.05) is 35.0 Å². The second-order valence-corrected chi connectivity index (χ2v) is 13.4. The van der Waals surface area contributed by atoms with Crippen LogP contribution in [0, 0.1) is 46.8 Å². The molecule has 0 aliphatic rings. The first kappa shape index (κ1) is 32.5. The van der Waals surface area contributed by atoms with Crippen LogP contribution in [0.25, 0.3) is 44.4 Å². The van der Waals surface area contributed by atoms with Gasteiger partial charge in [-0.3, -0.25) is 4.68 Å². The summed E-state index contributed by atoms with van der Waals surface area (Å²) in [5, 5.41) is 6.99. The van der Waals surface area contributed by atoms with E-state index >= 15 is 0 Å². The number of benzene rings is 4. The minimum absolute atomic E-state index is 0. The van der Waals surface area contributed by atoms with Crippen molar-refractivity contribution in [2.75, 3.05) is 0 Å². The van der Waals surface area contributed by atoms with Crippen molar-refractivity contribution in [1.29, 1.82) is 0 Å². The van der Waals surface area contributed by atoms with Crippen LogP contribution in [0.1, 0.15) is 54.2 Å². The molecule has 0 spiro atoms. The Morgan fingerprint density at radius 1 is 0.766 bits per heavy atom. The van der Waals surface area contributed by atoms with Crippen LogP contribution in [0.15, 0.2) is 85.3 Å². The molecule has 0 unspecified atom stereocenters. The Kier molecular flexibility index (Phi) is 8.48. The quantitative estimate of drug-likeness (QED) is 0.163. The van der Waals surface area contributed by atoms with E-state index in [2.05, 4.69) is 133 Å². The molecule has 6 heteroatoms. The van der Waals surface area contributed by atoms with Gasteiger partial charge in [0.15, 0.2) is 0 Å². The Bertz CT molecular complexity index is 2260. The second kappa shape index (κ2) is 12.3. The van der Waals surface area contributed by atoms with Crippen LogP contribution in [-0.4, -0.2) is 19.3 Å². The summed E-state index contributed by atoms with van der Waals surface area (Å²) in [5.74, 6) is 2.08. The molecule has 7 aromatic rings. The van der Waals surface area contributed by atoms with Gasteiger partial charge in [-0.05, 0) is 95.8 Å². The van der Waals surface area contributed by atoms with Gasteiger partial charge in [0.1, 0.15) is 5.82 Å². The summed E-state index contributed by atoms with van der Waals surface area (Å²) in [7, 11) is 0. The van der Waals surface area contributed by atoms with Crippen molar-refractivity contribution in [2.24, 2.45) is 0 Å². The van der Waals surface area contributed by atoms with Crippen molar-refractivity contribution in [3.05, 3.63) is 131 Å². The predicted molar refractivity (Wildman–Crippen MR) is 188 cm³/mol. The maximum Gasteiger partial charge on any atom is 2.00 e. The first-order valence-corrected chi connectivity index (χ1v) is 15.7. The number of para-hydroxylation sites is 1. The number of nitrogens with zero attached hydrogens (tertiary/aromatic N) is 4.